The minimum atomic E-state index is 0.594. The molecule has 4 nitrogen and oxygen atoms in total. The van der Waals surface area contributed by atoms with E-state index in [2.05, 4.69) is 26.0 Å². The maximum absolute atomic E-state index is 5.41. The third kappa shape index (κ3) is 1.53. The highest BCUT2D eigenvalue weighted by Gasteiger charge is 2.09. The molecule has 0 aliphatic heterocycles. The van der Waals surface area contributed by atoms with E-state index in [1.165, 1.54) is 0 Å². The summed E-state index contributed by atoms with van der Waals surface area (Å²) < 4.78 is 7.84. The fourth-order valence-corrected chi connectivity index (χ4v) is 1.83. The second kappa shape index (κ2) is 3.45. The molecule has 0 aromatic carbocycles. The van der Waals surface area contributed by atoms with Crippen molar-refractivity contribution in [1.29, 1.82) is 0 Å². The Kier molecular flexibility index (Phi) is 2.07. The van der Waals surface area contributed by atoms with Crippen LogP contribution < -0.4 is 0 Å². The third-order valence-corrected chi connectivity index (χ3v) is 2.70. The molecule has 0 saturated heterocycles. The Balaban J connectivity index is 2.18. The molecule has 0 atom stereocenters. The minimum Gasteiger partial charge on any atom is -0.446 e. The lowest BCUT2D eigenvalue weighted by atomic mass is 10.3. The first-order valence-corrected chi connectivity index (χ1v) is 5.60. The van der Waals surface area contributed by atoms with E-state index in [-0.39, 0.29) is 0 Å². The van der Waals surface area contributed by atoms with Crippen LogP contribution in [0.2, 0.25) is 0 Å². The van der Waals surface area contributed by atoms with E-state index in [4.69, 9.17) is 4.42 Å². The fourth-order valence-electron chi connectivity index (χ4n) is 1.52. The highest BCUT2D eigenvalue weighted by atomic mass is 79.9. The topological polar surface area (TPSA) is 43.3 Å². The van der Waals surface area contributed by atoms with Gasteiger partial charge in [0.15, 0.2) is 16.1 Å². The Bertz CT molecular complexity index is 656. The molecule has 5 heteroatoms. The van der Waals surface area contributed by atoms with Crippen LogP contribution >= 0.6 is 15.9 Å². The molecule has 0 amide bonds. The van der Waals surface area contributed by atoms with Crippen molar-refractivity contribution < 1.29 is 4.42 Å². The van der Waals surface area contributed by atoms with E-state index >= 15 is 0 Å². The summed E-state index contributed by atoms with van der Waals surface area (Å²) in [6.45, 7) is 2.02. The zero-order valence-corrected chi connectivity index (χ0v) is 10.1. The molecule has 0 bridgehead atoms. The Labute approximate surface area is 100 Å². The number of hydrogen-bond donors (Lipinski definition) is 0. The number of aryl methyl sites for hydroxylation is 1. The fraction of sp³-hybridized carbons (Fsp3) is 0.0909. The van der Waals surface area contributed by atoms with Gasteiger partial charge in [0.05, 0.1) is 0 Å². The lowest BCUT2D eigenvalue weighted by molar-refractivity contribution is 0.551. The van der Waals surface area contributed by atoms with Gasteiger partial charge in [0.25, 0.3) is 0 Å². The number of nitrogens with zero attached hydrogens (tertiary/aromatic N) is 3. The third-order valence-electron chi connectivity index (χ3n) is 2.27. The molecule has 80 valence electrons. The van der Waals surface area contributed by atoms with E-state index in [1.54, 1.807) is 4.52 Å². The molecule has 0 aliphatic carbocycles. The van der Waals surface area contributed by atoms with Gasteiger partial charge in [-0.1, -0.05) is 6.07 Å². The molecule has 3 rings (SSSR count). The Morgan fingerprint density at radius 1 is 1.25 bits per heavy atom. The predicted molar refractivity (Wildman–Crippen MR) is 63.1 cm³/mol. The van der Waals surface area contributed by atoms with Crippen molar-refractivity contribution in [2.45, 2.75) is 6.92 Å². The molecule has 0 aliphatic rings. The first kappa shape index (κ1) is 9.59. The van der Waals surface area contributed by atoms with Crippen LogP contribution in [0, 0.1) is 6.92 Å². The summed E-state index contributed by atoms with van der Waals surface area (Å²) in [5.74, 6) is 1.25. The maximum Gasteiger partial charge on any atom is 0.217 e. The Morgan fingerprint density at radius 3 is 2.88 bits per heavy atom. The van der Waals surface area contributed by atoms with Crippen molar-refractivity contribution >= 4 is 21.6 Å². The van der Waals surface area contributed by atoms with Crippen LogP contribution in [0.3, 0.4) is 0 Å². The standard InChI is InChI=1S/C11H8BrN3O/c1-7-2-5-10-13-11(14-15(10)6-7)8-3-4-9(12)16-8/h2-6H,1H3. The van der Waals surface area contributed by atoms with Gasteiger partial charge < -0.3 is 4.42 Å². The summed E-state index contributed by atoms with van der Waals surface area (Å²) >= 11 is 3.26. The average molecular weight is 278 g/mol. The largest absolute Gasteiger partial charge is 0.446 e. The minimum absolute atomic E-state index is 0.594. The number of aromatic nitrogens is 3. The second-order valence-electron chi connectivity index (χ2n) is 3.55. The monoisotopic (exact) mass is 277 g/mol. The van der Waals surface area contributed by atoms with Crippen LogP contribution in [0.5, 0.6) is 0 Å². The molecule has 3 aromatic rings. The van der Waals surface area contributed by atoms with Gasteiger partial charge in [0, 0.05) is 6.20 Å². The van der Waals surface area contributed by atoms with Crippen molar-refractivity contribution in [2.24, 2.45) is 0 Å². The molecular weight excluding hydrogens is 270 g/mol. The highest BCUT2D eigenvalue weighted by molar-refractivity contribution is 9.10. The second-order valence-corrected chi connectivity index (χ2v) is 4.33. The van der Waals surface area contributed by atoms with Crippen LogP contribution in [0.25, 0.3) is 17.2 Å². The molecule has 0 fully saturated rings. The van der Waals surface area contributed by atoms with Crippen LogP contribution in [-0.4, -0.2) is 14.6 Å². The van der Waals surface area contributed by atoms with Crippen LogP contribution in [0.4, 0.5) is 0 Å². The molecule has 0 saturated carbocycles. The van der Waals surface area contributed by atoms with E-state index in [9.17, 15) is 0 Å². The summed E-state index contributed by atoms with van der Waals surface area (Å²) in [4.78, 5) is 4.37. The van der Waals surface area contributed by atoms with Gasteiger partial charge in [0.1, 0.15) is 0 Å². The first-order chi connectivity index (χ1) is 7.72. The van der Waals surface area contributed by atoms with Crippen molar-refractivity contribution in [3.8, 4) is 11.6 Å². The number of fused-ring (bicyclic) bond motifs is 1. The normalized spacial score (nSPS) is 11.1. The van der Waals surface area contributed by atoms with Gasteiger partial charge in [-0.3, -0.25) is 0 Å². The molecule has 0 unspecified atom stereocenters. The van der Waals surface area contributed by atoms with E-state index in [0.29, 0.717) is 16.3 Å². The lowest BCUT2D eigenvalue weighted by Gasteiger charge is -1.91. The molecule has 16 heavy (non-hydrogen) atoms. The summed E-state index contributed by atoms with van der Waals surface area (Å²) in [7, 11) is 0. The van der Waals surface area contributed by atoms with E-state index in [0.717, 1.165) is 11.2 Å². The molecule has 0 N–H and O–H groups in total. The van der Waals surface area contributed by atoms with E-state index in [1.807, 2.05) is 37.4 Å². The zero-order chi connectivity index (χ0) is 11.1. The summed E-state index contributed by atoms with van der Waals surface area (Å²) in [5.41, 5.74) is 1.96. The van der Waals surface area contributed by atoms with Gasteiger partial charge in [-0.2, -0.15) is 0 Å². The SMILES string of the molecule is Cc1ccc2nc(-c3ccc(Br)o3)nn2c1. The quantitative estimate of drug-likeness (QED) is 0.687. The van der Waals surface area contributed by atoms with Gasteiger partial charge in [-0.25, -0.2) is 9.50 Å². The van der Waals surface area contributed by atoms with Crippen LogP contribution in [0.1, 0.15) is 5.56 Å². The van der Waals surface area contributed by atoms with Crippen molar-refractivity contribution in [2.75, 3.05) is 0 Å². The van der Waals surface area contributed by atoms with Crippen LogP contribution in [-0.2, 0) is 0 Å². The maximum atomic E-state index is 5.41. The van der Waals surface area contributed by atoms with Gasteiger partial charge in [0.2, 0.25) is 5.82 Å². The highest BCUT2D eigenvalue weighted by Crippen LogP contribution is 2.22. The Hall–Kier alpha value is -1.62. The summed E-state index contributed by atoms with van der Waals surface area (Å²) in [5, 5.41) is 4.35. The first-order valence-electron chi connectivity index (χ1n) is 4.81. The van der Waals surface area contributed by atoms with Crippen molar-refractivity contribution in [3.63, 3.8) is 0 Å². The molecular formula is C11H8BrN3O. The molecule has 0 spiro atoms. The lowest BCUT2D eigenvalue weighted by Crippen LogP contribution is -1.87. The van der Waals surface area contributed by atoms with Gasteiger partial charge in [-0.15, -0.1) is 5.10 Å². The Morgan fingerprint density at radius 2 is 2.12 bits per heavy atom. The van der Waals surface area contributed by atoms with Crippen molar-refractivity contribution in [1.82, 2.24) is 14.6 Å². The summed E-state index contributed by atoms with van der Waals surface area (Å²) in [6, 6.07) is 7.60. The average Bonchev–Trinajstić information content (AvgIpc) is 2.83. The van der Waals surface area contributed by atoms with Crippen LogP contribution in [0.15, 0.2) is 39.5 Å². The molecule has 3 aromatic heterocycles. The molecule has 3 heterocycles. The smallest absolute Gasteiger partial charge is 0.217 e. The van der Waals surface area contributed by atoms with Crippen molar-refractivity contribution in [3.05, 3.63) is 40.7 Å². The van der Waals surface area contributed by atoms with Gasteiger partial charge >= 0.3 is 0 Å². The number of halogens is 1. The number of furan rings is 1. The van der Waals surface area contributed by atoms with E-state index < -0.39 is 0 Å². The zero-order valence-electron chi connectivity index (χ0n) is 8.51. The summed E-state index contributed by atoms with van der Waals surface area (Å²) in [6.07, 6.45) is 1.93. The number of hydrogen-bond acceptors (Lipinski definition) is 3. The number of rotatable bonds is 1. The number of pyridine rings is 1. The molecule has 0 radical (unpaired) electrons. The van der Waals surface area contributed by atoms with Gasteiger partial charge in [-0.05, 0) is 46.6 Å². The predicted octanol–water partition coefficient (Wildman–Crippen LogP) is 3.06.